The molecule has 1 amide bonds. The lowest BCUT2D eigenvalue weighted by Gasteiger charge is -2.11. The molecule has 2 N–H and O–H groups in total. The summed E-state index contributed by atoms with van der Waals surface area (Å²) in [6.45, 7) is 7.17. The van der Waals surface area contributed by atoms with Crippen LogP contribution in [-0.2, 0) is 4.79 Å². The molecule has 0 saturated heterocycles. The molecule has 0 aliphatic heterocycles. The first-order valence-electron chi connectivity index (χ1n) is 8.20. The van der Waals surface area contributed by atoms with Crippen molar-refractivity contribution in [1.29, 1.82) is 0 Å². The van der Waals surface area contributed by atoms with E-state index in [9.17, 15) is 4.79 Å². The molecule has 2 aromatic rings. The van der Waals surface area contributed by atoms with Gasteiger partial charge in [0.2, 0.25) is 0 Å². The molecule has 0 aliphatic rings. The molecule has 0 radical (unpaired) electrons. The molecular weight excluding hydrogens is 396 g/mol. The summed E-state index contributed by atoms with van der Waals surface area (Å²) < 4.78 is 10.9. The summed E-state index contributed by atoms with van der Waals surface area (Å²) in [6.07, 6.45) is 3.20. The van der Waals surface area contributed by atoms with Crippen molar-refractivity contribution in [2.45, 2.75) is 0 Å². The maximum atomic E-state index is 11.9. The molecule has 0 heterocycles. The van der Waals surface area contributed by atoms with E-state index in [-0.39, 0.29) is 17.6 Å². The summed E-state index contributed by atoms with van der Waals surface area (Å²) in [4.78, 5) is 11.9. The molecule has 0 saturated carbocycles. The highest BCUT2D eigenvalue weighted by Crippen LogP contribution is 2.18. The average molecular weight is 415 g/mol. The minimum atomic E-state index is -0.356. The van der Waals surface area contributed by atoms with Gasteiger partial charge in [-0.3, -0.25) is 10.1 Å². The number of halogens is 1. The van der Waals surface area contributed by atoms with E-state index in [0.29, 0.717) is 28.0 Å². The number of benzene rings is 2. The van der Waals surface area contributed by atoms with Gasteiger partial charge in [-0.25, -0.2) is 0 Å². The normalized spacial score (nSPS) is 10.2. The SMILES string of the molecule is C=C(Cl)/C=C\C(=C)Oc1ccc(NC(=S)NC(=O)COc2ccccc2)cc1. The van der Waals surface area contributed by atoms with Gasteiger partial charge in [-0.2, -0.15) is 0 Å². The second-order valence-electron chi connectivity index (χ2n) is 5.48. The van der Waals surface area contributed by atoms with Gasteiger partial charge in [0.25, 0.3) is 5.91 Å². The van der Waals surface area contributed by atoms with Gasteiger partial charge in [-0.15, -0.1) is 0 Å². The second-order valence-corrected chi connectivity index (χ2v) is 6.37. The summed E-state index contributed by atoms with van der Waals surface area (Å²) in [7, 11) is 0. The fourth-order valence-corrected chi connectivity index (χ4v) is 2.26. The van der Waals surface area contributed by atoms with Crippen LogP contribution >= 0.6 is 23.8 Å². The van der Waals surface area contributed by atoms with Gasteiger partial charge < -0.3 is 14.8 Å². The number of ether oxygens (including phenoxy) is 2. The zero-order valence-corrected chi connectivity index (χ0v) is 16.6. The molecule has 7 heteroatoms. The quantitative estimate of drug-likeness (QED) is 0.370. The zero-order chi connectivity index (χ0) is 20.4. The number of carbonyl (C=O) groups is 1. The molecule has 0 atom stereocenters. The van der Waals surface area contributed by atoms with Gasteiger partial charge in [0.05, 0.1) is 0 Å². The third-order valence-electron chi connectivity index (χ3n) is 3.18. The maximum absolute atomic E-state index is 11.9. The number of hydrogen-bond acceptors (Lipinski definition) is 4. The van der Waals surface area contributed by atoms with E-state index in [1.165, 1.54) is 0 Å². The minimum Gasteiger partial charge on any atom is -0.484 e. The Labute approximate surface area is 174 Å². The topological polar surface area (TPSA) is 59.6 Å². The molecule has 0 aromatic heterocycles. The molecule has 28 heavy (non-hydrogen) atoms. The summed E-state index contributed by atoms with van der Waals surface area (Å²) in [5.41, 5.74) is 0.692. The van der Waals surface area contributed by atoms with Crippen molar-refractivity contribution in [2.75, 3.05) is 11.9 Å². The van der Waals surface area contributed by atoms with Gasteiger partial charge in [-0.1, -0.05) is 43.0 Å². The highest BCUT2D eigenvalue weighted by molar-refractivity contribution is 7.80. The number of carbonyl (C=O) groups excluding carboxylic acids is 1. The van der Waals surface area contributed by atoms with Crippen molar-refractivity contribution in [2.24, 2.45) is 0 Å². The molecule has 5 nitrogen and oxygen atoms in total. The van der Waals surface area contributed by atoms with E-state index >= 15 is 0 Å². The molecule has 0 aliphatic carbocycles. The first-order valence-corrected chi connectivity index (χ1v) is 8.99. The number of anilines is 1. The Hall–Kier alpha value is -3.09. The number of allylic oxidation sites excluding steroid dienone is 3. The molecule has 0 spiro atoms. The number of hydrogen-bond donors (Lipinski definition) is 2. The first kappa shape index (κ1) is 21.2. The van der Waals surface area contributed by atoms with Crippen molar-refractivity contribution in [3.05, 3.63) is 90.7 Å². The van der Waals surface area contributed by atoms with E-state index in [4.69, 9.17) is 33.3 Å². The largest absolute Gasteiger partial charge is 0.484 e. The van der Waals surface area contributed by atoms with Gasteiger partial charge in [0.15, 0.2) is 11.7 Å². The van der Waals surface area contributed by atoms with Crippen LogP contribution in [0.5, 0.6) is 11.5 Å². The van der Waals surface area contributed by atoms with E-state index in [2.05, 4.69) is 23.8 Å². The summed E-state index contributed by atoms with van der Waals surface area (Å²) in [5, 5.41) is 6.02. The lowest BCUT2D eigenvalue weighted by Crippen LogP contribution is -2.37. The highest BCUT2D eigenvalue weighted by Gasteiger charge is 2.06. The molecule has 2 aromatic carbocycles. The average Bonchev–Trinajstić information content (AvgIpc) is 2.67. The number of rotatable bonds is 8. The zero-order valence-electron chi connectivity index (χ0n) is 15.0. The Kier molecular flexibility index (Phi) is 8.27. The Balaban J connectivity index is 1.78. The smallest absolute Gasteiger partial charge is 0.264 e. The second kappa shape index (κ2) is 10.9. The number of nitrogens with one attached hydrogen (secondary N) is 2. The van der Waals surface area contributed by atoms with Gasteiger partial charge >= 0.3 is 0 Å². The van der Waals surface area contributed by atoms with Crippen LogP contribution in [0.25, 0.3) is 0 Å². The Morgan fingerprint density at radius 3 is 2.36 bits per heavy atom. The molecule has 0 bridgehead atoms. The van der Waals surface area contributed by atoms with Gasteiger partial charge in [0.1, 0.15) is 17.3 Å². The molecular formula is C21H19ClN2O3S. The third kappa shape index (κ3) is 8.07. The standard InChI is InChI=1S/C21H19ClN2O3S/c1-15(22)8-9-16(2)27-19-12-10-17(11-13-19)23-21(28)24-20(25)14-26-18-6-4-3-5-7-18/h3-13H,1-2,14H2,(H2,23,24,25,28)/b9-8-. The Morgan fingerprint density at radius 2 is 1.71 bits per heavy atom. The molecule has 144 valence electrons. The van der Waals surface area contributed by atoms with E-state index in [0.717, 1.165) is 0 Å². The molecule has 2 rings (SSSR count). The monoisotopic (exact) mass is 414 g/mol. The Morgan fingerprint density at radius 1 is 1.04 bits per heavy atom. The lowest BCUT2D eigenvalue weighted by atomic mass is 10.3. The fourth-order valence-electron chi connectivity index (χ4n) is 1.97. The molecule has 0 fully saturated rings. The summed E-state index contributed by atoms with van der Waals surface area (Å²) in [6, 6.07) is 16.0. The highest BCUT2D eigenvalue weighted by atomic mass is 35.5. The third-order valence-corrected chi connectivity index (χ3v) is 3.51. The Bertz CT molecular complexity index is 880. The van der Waals surface area contributed by atoms with Gasteiger partial charge in [-0.05, 0) is 60.8 Å². The summed E-state index contributed by atoms with van der Waals surface area (Å²) >= 11 is 10.8. The van der Waals surface area contributed by atoms with Crippen molar-refractivity contribution in [3.63, 3.8) is 0 Å². The number of amides is 1. The van der Waals surface area contributed by atoms with Crippen molar-refractivity contribution in [1.82, 2.24) is 5.32 Å². The first-order chi connectivity index (χ1) is 13.4. The minimum absolute atomic E-state index is 0.136. The predicted molar refractivity (Wildman–Crippen MR) is 117 cm³/mol. The fraction of sp³-hybridized carbons (Fsp3) is 0.0476. The predicted octanol–water partition coefficient (Wildman–Crippen LogP) is 4.78. The van der Waals surface area contributed by atoms with Crippen molar-refractivity contribution in [3.8, 4) is 11.5 Å². The van der Waals surface area contributed by atoms with Crippen LogP contribution in [0.3, 0.4) is 0 Å². The van der Waals surface area contributed by atoms with E-state index in [1.54, 1.807) is 48.6 Å². The lowest BCUT2D eigenvalue weighted by molar-refractivity contribution is -0.121. The van der Waals surface area contributed by atoms with Crippen LogP contribution in [0, 0.1) is 0 Å². The van der Waals surface area contributed by atoms with Crippen molar-refractivity contribution < 1.29 is 14.3 Å². The van der Waals surface area contributed by atoms with Gasteiger partial charge in [0, 0.05) is 10.7 Å². The van der Waals surface area contributed by atoms with Crippen LogP contribution in [0.2, 0.25) is 0 Å². The number of para-hydroxylation sites is 1. The van der Waals surface area contributed by atoms with E-state index in [1.807, 2.05) is 18.2 Å². The maximum Gasteiger partial charge on any atom is 0.264 e. The summed E-state index contributed by atoms with van der Waals surface area (Å²) in [5.74, 6) is 1.26. The van der Waals surface area contributed by atoms with Crippen LogP contribution in [0.15, 0.2) is 90.7 Å². The van der Waals surface area contributed by atoms with Crippen LogP contribution in [-0.4, -0.2) is 17.6 Å². The molecule has 0 unspecified atom stereocenters. The van der Waals surface area contributed by atoms with Crippen LogP contribution in [0.4, 0.5) is 5.69 Å². The van der Waals surface area contributed by atoms with Crippen LogP contribution in [0.1, 0.15) is 0 Å². The van der Waals surface area contributed by atoms with Crippen molar-refractivity contribution >= 4 is 40.5 Å². The van der Waals surface area contributed by atoms with Crippen LogP contribution < -0.4 is 20.1 Å². The van der Waals surface area contributed by atoms with E-state index < -0.39 is 0 Å². The number of thiocarbonyl (C=S) groups is 1.